The number of nitrogens with one attached hydrogen (secondary N) is 1. The zero-order chi connectivity index (χ0) is 19.2. The first kappa shape index (κ1) is 18.1. The fourth-order valence-corrected chi connectivity index (χ4v) is 5.20. The Morgan fingerprint density at radius 1 is 1.07 bits per heavy atom. The normalized spacial score (nSPS) is 22.9. The number of carboxylic acids is 1. The Labute approximate surface area is 162 Å². The first-order valence-corrected chi connectivity index (χ1v) is 9.78. The molecule has 2 atom stereocenters. The number of carbonyl (C=O) groups excluding carboxylic acids is 1. The maximum atomic E-state index is 12.6. The van der Waals surface area contributed by atoms with Crippen molar-refractivity contribution in [2.45, 2.75) is 35.9 Å². The summed E-state index contributed by atoms with van der Waals surface area (Å²) >= 11 is 1.30. The molecule has 2 aromatic rings. The van der Waals surface area contributed by atoms with E-state index in [0.717, 1.165) is 11.1 Å². The van der Waals surface area contributed by atoms with E-state index in [2.05, 4.69) is 29.6 Å². The van der Waals surface area contributed by atoms with E-state index in [0.29, 0.717) is 0 Å². The Hall–Kier alpha value is -2.31. The van der Waals surface area contributed by atoms with E-state index in [1.807, 2.05) is 38.1 Å². The van der Waals surface area contributed by atoms with Crippen molar-refractivity contribution < 1.29 is 19.4 Å². The average molecular weight is 383 g/mol. The van der Waals surface area contributed by atoms with Gasteiger partial charge in [0, 0.05) is 10.7 Å². The first-order chi connectivity index (χ1) is 12.9. The first-order valence-electron chi connectivity index (χ1n) is 8.90. The molecule has 5 nitrogen and oxygen atoms in total. The van der Waals surface area contributed by atoms with Gasteiger partial charge in [0.15, 0.2) is 5.37 Å². The van der Waals surface area contributed by atoms with E-state index >= 15 is 0 Å². The largest absolute Gasteiger partial charge is 0.480 e. The molecule has 0 saturated carbocycles. The highest BCUT2D eigenvalue weighted by atomic mass is 32.2. The summed E-state index contributed by atoms with van der Waals surface area (Å²) in [5.74, 6) is -1.38. The SMILES string of the molecule is CC1(C)S[C@@H](C(=O)OCC2c3ccccc3-c3ccccc32)NC1C(=O)O. The smallest absolute Gasteiger partial charge is 0.333 e. The summed E-state index contributed by atoms with van der Waals surface area (Å²) in [5, 5.41) is 11.6. The average Bonchev–Trinajstić information content (AvgIpc) is 3.14. The molecular formula is C21H21NO4S. The zero-order valence-corrected chi connectivity index (χ0v) is 16.0. The van der Waals surface area contributed by atoms with Gasteiger partial charge in [0.2, 0.25) is 0 Å². The predicted molar refractivity (Wildman–Crippen MR) is 105 cm³/mol. The number of ether oxygens (including phenoxy) is 1. The molecule has 1 aliphatic carbocycles. The summed E-state index contributed by atoms with van der Waals surface area (Å²) < 4.78 is 5.05. The summed E-state index contributed by atoms with van der Waals surface area (Å²) in [4.78, 5) is 24.0. The van der Waals surface area contributed by atoms with Crippen molar-refractivity contribution in [3.63, 3.8) is 0 Å². The molecule has 0 spiro atoms. The summed E-state index contributed by atoms with van der Waals surface area (Å²) in [6.45, 7) is 3.88. The van der Waals surface area contributed by atoms with Crippen LogP contribution in [-0.4, -0.2) is 39.8 Å². The van der Waals surface area contributed by atoms with E-state index in [-0.39, 0.29) is 12.5 Å². The van der Waals surface area contributed by atoms with Crippen molar-refractivity contribution in [2.75, 3.05) is 6.61 Å². The van der Waals surface area contributed by atoms with Crippen molar-refractivity contribution in [2.24, 2.45) is 0 Å². The van der Waals surface area contributed by atoms with E-state index in [1.165, 1.54) is 22.9 Å². The predicted octanol–water partition coefficient (Wildman–Crippen LogP) is 3.24. The second kappa shape index (κ2) is 6.69. The number of esters is 1. The maximum Gasteiger partial charge on any atom is 0.333 e. The Kier molecular flexibility index (Phi) is 4.48. The number of carboxylic acid groups (broad SMARTS) is 1. The Bertz CT molecular complexity index is 865. The fourth-order valence-electron chi connectivity index (χ4n) is 3.92. The van der Waals surface area contributed by atoms with Crippen LogP contribution in [0.2, 0.25) is 0 Å². The minimum Gasteiger partial charge on any atom is -0.480 e. The monoisotopic (exact) mass is 383 g/mol. The summed E-state index contributed by atoms with van der Waals surface area (Å²) in [5.41, 5.74) is 4.66. The van der Waals surface area contributed by atoms with Crippen molar-refractivity contribution in [3.8, 4) is 11.1 Å². The number of fused-ring (bicyclic) bond motifs is 3. The maximum absolute atomic E-state index is 12.6. The standard InChI is InChI=1S/C21H21NO4S/c1-21(2)17(19(23)24)22-18(27-21)20(25)26-11-16-14-9-5-3-7-12(14)13-8-4-6-10-15(13)16/h3-10,16-18,22H,11H2,1-2H3,(H,23,24)/t17?,18-/m0/s1. The van der Waals surface area contributed by atoms with Crippen LogP contribution in [0.3, 0.4) is 0 Å². The third-order valence-corrected chi connectivity index (χ3v) is 6.66. The van der Waals surface area contributed by atoms with Crippen LogP contribution in [0.4, 0.5) is 0 Å². The van der Waals surface area contributed by atoms with Gasteiger partial charge in [0.25, 0.3) is 0 Å². The minimum absolute atomic E-state index is 0.00367. The summed E-state index contributed by atoms with van der Waals surface area (Å²) in [7, 11) is 0. The molecule has 0 amide bonds. The van der Waals surface area contributed by atoms with Crippen LogP contribution in [0.25, 0.3) is 11.1 Å². The molecule has 2 aromatic carbocycles. The Morgan fingerprint density at radius 2 is 1.63 bits per heavy atom. The van der Waals surface area contributed by atoms with Gasteiger partial charge in [-0.1, -0.05) is 48.5 Å². The van der Waals surface area contributed by atoms with Crippen molar-refractivity contribution >= 4 is 23.7 Å². The second-order valence-corrected chi connectivity index (χ2v) is 9.16. The highest BCUT2D eigenvalue weighted by Crippen LogP contribution is 2.45. The molecule has 2 N–H and O–H groups in total. The van der Waals surface area contributed by atoms with Gasteiger partial charge in [-0.2, -0.15) is 0 Å². The van der Waals surface area contributed by atoms with E-state index in [1.54, 1.807) is 0 Å². The van der Waals surface area contributed by atoms with Crippen LogP contribution in [0.5, 0.6) is 0 Å². The Morgan fingerprint density at radius 3 is 2.15 bits per heavy atom. The quantitative estimate of drug-likeness (QED) is 0.790. The zero-order valence-electron chi connectivity index (χ0n) is 15.1. The van der Waals surface area contributed by atoms with Crippen LogP contribution in [-0.2, 0) is 14.3 Å². The van der Waals surface area contributed by atoms with Gasteiger partial charge in [-0.15, -0.1) is 11.8 Å². The lowest BCUT2D eigenvalue weighted by molar-refractivity contribution is -0.144. The molecule has 1 heterocycles. The Balaban J connectivity index is 1.50. The molecule has 27 heavy (non-hydrogen) atoms. The number of thioether (sulfide) groups is 1. The van der Waals surface area contributed by atoms with Gasteiger partial charge in [-0.05, 0) is 36.1 Å². The number of hydrogen-bond donors (Lipinski definition) is 2. The van der Waals surface area contributed by atoms with Crippen LogP contribution in [0, 0.1) is 0 Å². The number of benzene rings is 2. The molecule has 140 valence electrons. The van der Waals surface area contributed by atoms with E-state index < -0.39 is 28.1 Å². The number of hydrogen-bond acceptors (Lipinski definition) is 5. The number of rotatable bonds is 4. The molecule has 1 aliphatic heterocycles. The topological polar surface area (TPSA) is 75.6 Å². The highest BCUT2D eigenvalue weighted by molar-refractivity contribution is 8.02. The molecule has 6 heteroatoms. The lowest BCUT2D eigenvalue weighted by Crippen LogP contribution is -2.46. The molecule has 4 rings (SSSR count). The van der Waals surface area contributed by atoms with Crippen molar-refractivity contribution in [3.05, 3.63) is 59.7 Å². The lowest BCUT2D eigenvalue weighted by Gasteiger charge is -2.20. The van der Waals surface area contributed by atoms with Crippen LogP contribution < -0.4 is 5.32 Å². The minimum atomic E-state index is -0.957. The molecule has 0 radical (unpaired) electrons. The summed E-state index contributed by atoms with van der Waals surface area (Å²) in [6, 6.07) is 15.5. The molecule has 2 aliphatic rings. The molecule has 1 unspecified atom stereocenters. The number of aliphatic carboxylic acids is 1. The van der Waals surface area contributed by atoms with Gasteiger partial charge < -0.3 is 9.84 Å². The van der Waals surface area contributed by atoms with E-state index in [9.17, 15) is 14.7 Å². The fraction of sp³-hybridized carbons (Fsp3) is 0.333. The lowest BCUT2D eigenvalue weighted by atomic mass is 9.98. The summed E-state index contributed by atoms with van der Waals surface area (Å²) in [6.07, 6.45) is 0. The van der Waals surface area contributed by atoms with Gasteiger partial charge in [-0.3, -0.25) is 10.1 Å². The van der Waals surface area contributed by atoms with Gasteiger partial charge >= 0.3 is 11.9 Å². The highest BCUT2D eigenvalue weighted by Gasteiger charge is 2.48. The third kappa shape index (κ3) is 3.13. The van der Waals surface area contributed by atoms with Crippen molar-refractivity contribution in [1.82, 2.24) is 5.32 Å². The van der Waals surface area contributed by atoms with Crippen LogP contribution >= 0.6 is 11.8 Å². The van der Waals surface area contributed by atoms with Gasteiger partial charge in [0.1, 0.15) is 12.6 Å². The molecular weight excluding hydrogens is 362 g/mol. The van der Waals surface area contributed by atoms with Gasteiger partial charge in [-0.25, -0.2) is 4.79 Å². The number of carbonyl (C=O) groups is 2. The van der Waals surface area contributed by atoms with Gasteiger partial charge in [0.05, 0.1) is 0 Å². The molecule has 0 bridgehead atoms. The van der Waals surface area contributed by atoms with Crippen LogP contribution in [0.1, 0.15) is 30.9 Å². The van der Waals surface area contributed by atoms with E-state index in [4.69, 9.17) is 4.74 Å². The van der Waals surface area contributed by atoms with Crippen LogP contribution in [0.15, 0.2) is 48.5 Å². The molecule has 0 aromatic heterocycles. The second-order valence-electron chi connectivity index (χ2n) is 7.40. The molecule has 1 saturated heterocycles. The molecule has 1 fully saturated rings. The van der Waals surface area contributed by atoms with Crippen molar-refractivity contribution in [1.29, 1.82) is 0 Å². The third-order valence-electron chi connectivity index (χ3n) is 5.25.